The summed E-state index contributed by atoms with van der Waals surface area (Å²) in [5.41, 5.74) is 5.62. The fourth-order valence-electron chi connectivity index (χ4n) is 1.13. The van der Waals surface area contributed by atoms with Gasteiger partial charge in [0.1, 0.15) is 5.75 Å². The maximum Gasteiger partial charge on any atom is 0.217 e. The molecular weight excluding hydrogens is 210 g/mol. The van der Waals surface area contributed by atoms with Gasteiger partial charge < -0.3 is 25.4 Å². The van der Waals surface area contributed by atoms with E-state index in [1.807, 2.05) is 18.2 Å². The maximum atomic E-state index is 8.94. The molecule has 1 rings (SSSR count). The fraction of sp³-hybridized carbons (Fsp3) is 0.455. The third kappa shape index (κ3) is 4.16. The Morgan fingerprint density at radius 2 is 1.88 bits per heavy atom. The molecule has 2 atom stereocenters. The third-order valence-electron chi connectivity index (χ3n) is 1.93. The Kier molecular flexibility index (Phi) is 5.81. The van der Waals surface area contributed by atoms with E-state index in [-0.39, 0.29) is 19.8 Å². The van der Waals surface area contributed by atoms with Crippen molar-refractivity contribution in [2.75, 3.05) is 19.8 Å². The highest BCUT2D eigenvalue weighted by Gasteiger charge is 2.19. The van der Waals surface area contributed by atoms with E-state index in [1.54, 1.807) is 12.1 Å². The molecule has 0 radical (unpaired) electrons. The highest BCUT2D eigenvalue weighted by Crippen LogP contribution is 2.12. The molecule has 0 aromatic heterocycles. The molecule has 4 N–H and O–H groups in total. The second-order valence-corrected chi connectivity index (χ2v) is 3.24. The van der Waals surface area contributed by atoms with Gasteiger partial charge in [0.05, 0.1) is 25.9 Å². The molecule has 0 saturated carbocycles. The topological polar surface area (TPSA) is 84.9 Å². The molecule has 0 aliphatic rings. The van der Waals surface area contributed by atoms with Crippen LogP contribution in [0.3, 0.4) is 0 Å². The zero-order valence-corrected chi connectivity index (χ0v) is 8.95. The quantitative estimate of drug-likeness (QED) is 0.558. The molecule has 0 unspecified atom stereocenters. The molecule has 1 aromatic rings. The van der Waals surface area contributed by atoms with E-state index in [1.165, 1.54) is 0 Å². The molecule has 16 heavy (non-hydrogen) atoms. The highest BCUT2D eigenvalue weighted by atomic mass is 16.7. The molecular formula is C11H17NO4. The fourth-order valence-corrected chi connectivity index (χ4v) is 1.13. The van der Waals surface area contributed by atoms with Crippen LogP contribution >= 0.6 is 0 Å². The number of nitrogens with two attached hydrogens (primary N) is 1. The molecule has 5 heteroatoms. The van der Waals surface area contributed by atoms with Crippen LogP contribution < -0.4 is 10.5 Å². The molecule has 0 bridgehead atoms. The molecule has 0 amide bonds. The van der Waals surface area contributed by atoms with Crippen molar-refractivity contribution < 1.29 is 19.7 Å². The second kappa shape index (κ2) is 7.19. The Morgan fingerprint density at radius 3 is 2.44 bits per heavy atom. The van der Waals surface area contributed by atoms with E-state index < -0.39 is 12.3 Å². The van der Waals surface area contributed by atoms with Crippen LogP contribution in [0.4, 0.5) is 0 Å². The first kappa shape index (κ1) is 12.9. The molecule has 0 fully saturated rings. The van der Waals surface area contributed by atoms with Gasteiger partial charge in [-0.1, -0.05) is 18.2 Å². The minimum atomic E-state index is -0.764. The number of rotatable bonds is 7. The van der Waals surface area contributed by atoms with E-state index in [4.69, 9.17) is 25.4 Å². The third-order valence-corrected chi connectivity index (χ3v) is 1.93. The van der Waals surface area contributed by atoms with Crippen molar-refractivity contribution in [1.82, 2.24) is 0 Å². The Hall–Kier alpha value is -1.14. The summed E-state index contributed by atoms with van der Waals surface area (Å²) in [7, 11) is 0. The van der Waals surface area contributed by atoms with Crippen LogP contribution in [-0.4, -0.2) is 42.4 Å². The summed E-state index contributed by atoms with van der Waals surface area (Å²) < 4.78 is 10.6. The summed E-state index contributed by atoms with van der Waals surface area (Å²) in [5.74, 6) is 0.606. The standard InChI is InChI=1S/C11H17NO4/c12-10(8-14)11(15-7-6-13)16-9-4-2-1-3-5-9/h1-5,10-11,13-14H,6-8,12H2/t10-,11+/m0/s1. The number of ether oxygens (including phenoxy) is 2. The molecule has 90 valence electrons. The molecule has 0 saturated heterocycles. The lowest BCUT2D eigenvalue weighted by Crippen LogP contribution is -2.44. The van der Waals surface area contributed by atoms with Crippen molar-refractivity contribution in [2.24, 2.45) is 5.73 Å². The summed E-state index contributed by atoms with van der Waals surface area (Å²) in [4.78, 5) is 0. The molecule has 5 nitrogen and oxygen atoms in total. The van der Waals surface area contributed by atoms with Crippen LogP contribution in [0.15, 0.2) is 30.3 Å². The lowest BCUT2D eigenvalue weighted by Gasteiger charge is -2.23. The van der Waals surface area contributed by atoms with E-state index in [2.05, 4.69) is 0 Å². The van der Waals surface area contributed by atoms with Gasteiger partial charge in [-0.3, -0.25) is 0 Å². The molecule has 0 spiro atoms. The summed E-state index contributed by atoms with van der Waals surface area (Å²) >= 11 is 0. The van der Waals surface area contributed by atoms with Gasteiger partial charge in [0.2, 0.25) is 6.29 Å². The van der Waals surface area contributed by atoms with Gasteiger partial charge >= 0.3 is 0 Å². The second-order valence-electron chi connectivity index (χ2n) is 3.24. The first-order valence-corrected chi connectivity index (χ1v) is 5.08. The van der Waals surface area contributed by atoms with Crippen molar-refractivity contribution >= 4 is 0 Å². The van der Waals surface area contributed by atoms with Crippen LogP contribution in [0.25, 0.3) is 0 Å². The predicted octanol–water partition coefficient (Wildman–Crippen LogP) is -0.280. The number of aliphatic hydroxyl groups is 2. The molecule has 0 heterocycles. The van der Waals surface area contributed by atoms with Crippen molar-refractivity contribution in [3.8, 4) is 5.75 Å². The Morgan fingerprint density at radius 1 is 1.19 bits per heavy atom. The summed E-state index contributed by atoms with van der Waals surface area (Å²) in [5, 5.41) is 17.6. The number of hydrogen-bond acceptors (Lipinski definition) is 5. The van der Waals surface area contributed by atoms with Crippen LogP contribution in [0, 0.1) is 0 Å². The van der Waals surface area contributed by atoms with E-state index in [0.717, 1.165) is 0 Å². The largest absolute Gasteiger partial charge is 0.463 e. The van der Waals surface area contributed by atoms with E-state index in [9.17, 15) is 0 Å². The van der Waals surface area contributed by atoms with Crippen molar-refractivity contribution in [1.29, 1.82) is 0 Å². The van der Waals surface area contributed by atoms with Crippen LogP contribution in [-0.2, 0) is 4.74 Å². The number of hydrogen-bond donors (Lipinski definition) is 3. The minimum absolute atomic E-state index is 0.116. The predicted molar refractivity (Wildman–Crippen MR) is 59.0 cm³/mol. The van der Waals surface area contributed by atoms with Crippen molar-refractivity contribution in [3.63, 3.8) is 0 Å². The summed E-state index contributed by atoms with van der Waals surface area (Å²) in [6.45, 7) is -0.249. The number of benzene rings is 1. The first-order chi connectivity index (χ1) is 7.77. The highest BCUT2D eigenvalue weighted by molar-refractivity contribution is 5.21. The molecule has 0 aliphatic carbocycles. The van der Waals surface area contributed by atoms with Gasteiger partial charge in [-0.05, 0) is 12.1 Å². The first-order valence-electron chi connectivity index (χ1n) is 5.08. The average Bonchev–Trinajstić information content (AvgIpc) is 2.34. The zero-order valence-electron chi connectivity index (χ0n) is 8.95. The van der Waals surface area contributed by atoms with Crippen LogP contribution in [0.1, 0.15) is 0 Å². The summed E-state index contributed by atoms with van der Waals surface area (Å²) in [6.07, 6.45) is -0.764. The smallest absolute Gasteiger partial charge is 0.217 e. The maximum absolute atomic E-state index is 8.94. The van der Waals surface area contributed by atoms with Crippen molar-refractivity contribution in [2.45, 2.75) is 12.3 Å². The van der Waals surface area contributed by atoms with Gasteiger partial charge in [0, 0.05) is 0 Å². The van der Waals surface area contributed by atoms with E-state index in [0.29, 0.717) is 5.75 Å². The summed E-state index contributed by atoms with van der Waals surface area (Å²) in [6, 6.07) is 8.39. The van der Waals surface area contributed by atoms with Gasteiger partial charge in [0.15, 0.2) is 0 Å². The van der Waals surface area contributed by atoms with Gasteiger partial charge in [-0.15, -0.1) is 0 Å². The minimum Gasteiger partial charge on any atom is -0.463 e. The lowest BCUT2D eigenvalue weighted by atomic mass is 10.3. The van der Waals surface area contributed by atoms with Gasteiger partial charge in [-0.2, -0.15) is 0 Å². The monoisotopic (exact) mass is 227 g/mol. The van der Waals surface area contributed by atoms with E-state index >= 15 is 0 Å². The Bertz CT molecular complexity index is 281. The van der Waals surface area contributed by atoms with Gasteiger partial charge in [-0.25, -0.2) is 0 Å². The van der Waals surface area contributed by atoms with Crippen LogP contribution in [0.2, 0.25) is 0 Å². The number of aliphatic hydroxyl groups excluding tert-OH is 2. The van der Waals surface area contributed by atoms with Crippen LogP contribution in [0.5, 0.6) is 5.75 Å². The zero-order chi connectivity index (χ0) is 11.8. The number of para-hydroxylation sites is 1. The lowest BCUT2D eigenvalue weighted by molar-refractivity contribution is -0.109. The molecule has 1 aromatic carbocycles. The Balaban J connectivity index is 2.56. The van der Waals surface area contributed by atoms with Gasteiger partial charge in [0.25, 0.3) is 0 Å². The normalized spacial score (nSPS) is 14.4. The van der Waals surface area contributed by atoms with Crippen molar-refractivity contribution in [3.05, 3.63) is 30.3 Å². The molecule has 0 aliphatic heterocycles. The Labute approximate surface area is 94.4 Å². The average molecular weight is 227 g/mol. The SMILES string of the molecule is N[C@@H](CO)[C@H](OCCO)Oc1ccccc1.